The number of hydrogen-bond donors (Lipinski definition) is 2. The molecule has 0 aromatic carbocycles. The minimum Gasteiger partial charge on any atom is -0.478 e. The molecular formula is C14H14F3N3O3S. The number of rotatable bonds is 5. The number of carboxylic acid groups (broad SMARTS) is 1. The zero-order valence-corrected chi connectivity index (χ0v) is 13.6. The van der Waals surface area contributed by atoms with Gasteiger partial charge in [-0.1, -0.05) is 6.92 Å². The number of aromatic nitrogens is 2. The summed E-state index contributed by atoms with van der Waals surface area (Å²) in [5, 5.41) is 15.2. The van der Waals surface area contributed by atoms with E-state index >= 15 is 0 Å². The summed E-state index contributed by atoms with van der Waals surface area (Å²) < 4.78 is 38.3. The van der Waals surface area contributed by atoms with E-state index in [0.717, 1.165) is 33.2 Å². The van der Waals surface area contributed by atoms with Crippen LogP contribution in [-0.2, 0) is 23.9 Å². The number of halogens is 3. The van der Waals surface area contributed by atoms with Gasteiger partial charge < -0.3 is 10.4 Å². The standard InChI is InChI=1S/C14H14F3N3O3S/c1-3-8-7(2)24-12(11(8)13(22)23)18-10(21)6-20-5-4-9(19-20)14(15,16)17/h4-5H,3,6H2,1-2H3,(H,18,21)(H,22,23). The summed E-state index contributed by atoms with van der Waals surface area (Å²) >= 11 is 1.12. The summed E-state index contributed by atoms with van der Waals surface area (Å²) in [6.45, 7) is 3.09. The second-order valence-corrected chi connectivity index (χ2v) is 6.17. The molecule has 0 bridgehead atoms. The summed E-state index contributed by atoms with van der Waals surface area (Å²) in [5.74, 6) is -1.82. The van der Waals surface area contributed by atoms with Crippen LogP contribution in [0.1, 0.15) is 33.4 Å². The van der Waals surface area contributed by atoms with E-state index in [9.17, 15) is 27.9 Å². The van der Waals surface area contributed by atoms with Crippen LogP contribution in [0.25, 0.3) is 0 Å². The average molecular weight is 361 g/mol. The number of alkyl halides is 3. The number of amides is 1. The molecule has 0 unspecified atom stereocenters. The Labute approximate surface area is 138 Å². The lowest BCUT2D eigenvalue weighted by atomic mass is 10.1. The quantitative estimate of drug-likeness (QED) is 0.857. The fourth-order valence-corrected chi connectivity index (χ4v) is 3.39. The van der Waals surface area contributed by atoms with E-state index in [2.05, 4.69) is 10.4 Å². The fourth-order valence-electron chi connectivity index (χ4n) is 2.23. The van der Waals surface area contributed by atoms with Crippen molar-refractivity contribution in [3.05, 3.63) is 34.0 Å². The van der Waals surface area contributed by atoms with Crippen molar-refractivity contribution < 1.29 is 27.9 Å². The summed E-state index contributed by atoms with van der Waals surface area (Å²) in [6.07, 6.45) is -3.05. The number of anilines is 1. The number of carboxylic acids is 1. The van der Waals surface area contributed by atoms with E-state index < -0.39 is 30.3 Å². The molecule has 0 fully saturated rings. The van der Waals surface area contributed by atoms with E-state index in [1.807, 2.05) is 0 Å². The van der Waals surface area contributed by atoms with E-state index in [0.29, 0.717) is 12.0 Å². The minimum absolute atomic E-state index is 0.0183. The highest BCUT2D eigenvalue weighted by Crippen LogP contribution is 2.33. The summed E-state index contributed by atoms with van der Waals surface area (Å²) in [6, 6.07) is 0.764. The highest BCUT2D eigenvalue weighted by atomic mass is 32.1. The molecule has 0 aliphatic heterocycles. The average Bonchev–Trinajstić information content (AvgIpc) is 3.02. The van der Waals surface area contributed by atoms with Gasteiger partial charge in [-0.05, 0) is 25.0 Å². The van der Waals surface area contributed by atoms with Crippen molar-refractivity contribution in [2.45, 2.75) is 33.0 Å². The molecule has 2 rings (SSSR count). The molecule has 0 aliphatic rings. The summed E-state index contributed by atoms with van der Waals surface area (Å²) in [7, 11) is 0. The molecule has 0 aliphatic carbocycles. The Morgan fingerprint density at radius 3 is 2.58 bits per heavy atom. The van der Waals surface area contributed by atoms with Gasteiger partial charge >= 0.3 is 12.1 Å². The first-order chi connectivity index (χ1) is 11.1. The minimum atomic E-state index is -4.58. The van der Waals surface area contributed by atoms with Crippen molar-refractivity contribution in [2.24, 2.45) is 0 Å². The first-order valence-electron chi connectivity index (χ1n) is 6.89. The van der Waals surface area contributed by atoms with Gasteiger partial charge in [0.2, 0.25) is 5.91 Å². The molecule has 0 atom stereocenters. The first kappa shape index (κ1) is 18.0. The molecule has 2 heterocycles. The van der Waals surface area contributed by atoms with Crippen LogP contribution in [0.2, 0.25) is 0 Å². The number of carbonyl (C=O) groups is 2. The molecular weight excluding hydrogens is 347 g/mol. The Bertz CT molecular complexity index is 780. The number of thiophene rings is 1. The van der Waals surface area contributed by atoms with Gasteiger partial charge in [0.1, 0.15) is 11.5 Å². The van der Waals surface area contributed by atoms with Gasteiger partial charge in [0.25, 0.3) is 0 Å². The van der Waals surface area contributed by atoms with Gasteiger partial charge in [0.05, 0.1) is 5.56 Å². The molecule has 10 heteroatoms. The second kappa shape index (κ2) is 6.63. The van der Waals surface area contributed by atoms with Crippen LogP contribution in [0.4, 0.5) is 18.2 Å². The molecule has 0 spiro atoms. The third kappa shape index (κ3) is 3.75. The molecule has 24 heavy (non-hydrogen) atoms. The van der Waals surface area contributed by atoms with E-state index in [-0.39, 0.29) is 10.6 Å². The van der Waals surface area contributed by atoms with Crippen molar-refractivity contribution in [2.75, 3.05) is 5.32 Å². The highest BCUT2D eigenvalue weighted by Gasteiger charge is 2.33. The van der Waals surface area contributed by atoms with Crippen LogP contribution in [0, 0.1) is 6.92 Å². The maximum absolute atomic E-state index is 12.5. The predicted octanol–water partition coefficient (Wildman–Crippen LogP) is 3.17. The van der Waals surface area contributed by atoms with Gasteiger partial charge in [0.15, 0.2) is 5.69 Å². The Morgan fingerprint density at radius 1 is 1.42 bits per heavy atom. The van der Waals surface area contributed by atoms with Crippen molar-refractivity contribution in [1.29, 1.82) is 0 Å². The molecule has 130 valence electrons. The summed E-state index contributed by atoms with van der Waals surface area (Å²) in [4.78, 5) is 24.1. The largest absolute Gasteiger partial charge is 0.478 e. The van der Waals surface area contributed by atoms with Crippen molar-refractivity contribution in [1.82, 2.24) is 9.78 Å². The van der Waals surface area contributed by atoms with E-state index in [1.165, 1.54) is 0 Å². The number of aryl methyl sites for hydroxylation is 1. The number of nitrogens with one attached hydrogen (secondary N) is 1. The lowest BCUT2D eigenvalue weighted by Gasteiger charge is -2.06. The molecule has 1 amide bonds. The van der Waals surface area contributed by atoms with Crippen molar-refractivity contribution >= 4 is 28.2 Å². The maximum atomic E-state index is 12.5. The SMILES string of the molecule is CCc1c(C)sc(NC(=O)Cn2ccc(C(F)(F)F)n2)c1C(=O)O. The second-order valence-electron chi connectivity index (χ2n) is 4.94. The molecule has 2 aromatic rings. The third-order valence-corrected chi connectivity index (χ3v) is 4.33. The Morgan fingerprint density at radius 2 is 2.08 bits per heavy atom. The molecule has 2 aromatic heterocycles. The summed E-state index contributed by atoms with van der Waals surface area (Å²) in [5.41, 5.74) is -0.451. The smallest absolute Gasteiger partial charge is 0.435 e. The van der Waals surface area contributed by atoms with Crippen molar-refractivity contribution in [3.63, 3.8) is 0 Å². The first-order valence-corrected chi connectivity index (χ1v) is 7.71. The highest BCUT2D eigenvalue weighted by molar-refractivity contribution is 7.16. The van der Waals surface area contributed by atoms with Crippen LogP contribution < -0.4 is 5.32 Å². The molecule has 0 saturated carbocycles. The van der Waals surface area contributed by atoms with Gasteiger partial charge in [-0.3, -0.25) is 9.48 Å². The normalized spacial score (nSPS) is 11.5. The molecule has 6 nitrogen and oxygen atoms in total. The van der Waals surface area contributed by atoms with Crippen LogP contribution in [0.15, 0.2) is 12.3 Å². The van der Waals surface area contributed by atoms with Gasteiger partial charge in [-0.15, -0.1) is 11.3 Å². The van der Waals surface area contributed by atoms with E-state index in [4.69, 9.17) is 0 Å². The van der Waals surface area contributed by atoms with Crippen LogP contribution in [0.3, 0.4) is 0 Å². The van der Waals surface area contributed by atoms with Gasteiger partial charge in [-0.2, -0.15) is 18.3 Å². The van der Waals surface area contributed by atoms with E-state index in [1.54, 1.807) is 13.8 Å². The molecule has 0 saturated heterocycles. The van der Waals surface area contributed by atoms with Crippen LogP contribution >= 0.6 is 11.3 Å². The van der Waals surface area contributed by atoms with Crippen LogP contribution in [-0.4, -0.2) is 26.8 Å². The lowest BCUT2D eigenvalue weighted by Crippen LogP contribution is -2.20. The molecule has 2 N–H and O–H groups in total. The predicted molar refractivity (Wildman–Crippen MR) is 81.3 cm³/mol. The number of hydrogen-bond acceptors (Lipinski definition) is 4. The fraction of sp³-hybridized carbons (Fsp3) is 0.357. The topological polar surface area (TPSA) is 84.2 Å². The van der Waals surface area contributed by atoms with Crippen LogP contribution in [0.5, 0.6) is 0 Å². The number of carbonyl (C=O) groups excluding carboxylic acids is 1. The monoisotopic (exact) mass is 361 g/mol. The van der Waals surface area contributed by atoms with Gasteiger partial charge in [0, 0.05) is 11.1 Å². The zero-order valence-electron chi connectivity index (χ0n) is 12.8. The number of nitrogens with zero attached hydrogens (tertiary/aromatic N) is 2. The van der Waals surface area contributed by atoms with Gasteiger partial charge in [-0.25, -0.2) is 4.79 Å². The Hall–Kier alpha value is -2.36. The Kier molecular flexibility index (Phi) is 4.97. The number of aromatic carboxylic acids is 1. The molecule has 0 radical (unpaired) electrons. The Balaban J connectivity index is 2.16. The zero-order chi connectivity index (χ0) is 18.1. The lowest BCUT2D eigenvalue weighted by molar-refractivity contribution is -0.141. The third-order valence-electron chi connectivity index (χ3n) is 3.27. The maximum Gasteiger partial charge on any atom is 0.435 e. The van der Waals surface area contributed by atoms with Crippen molar-refractivity contribution in [3.8, 4) is 0 Å².